The van der Waals surface area contributed by atoms with Gasteiger partial charge in [-0.15, -0.1) is 0 Å². The zero-order valence-electron chi connectivity index (χ0n) is 14.7. The molecule has 1 aliphatic rings. The Labute approximate surface area is 176 Å². The third-order valence-corrected chi connectivity index (χ3v) is 5.69. The number of thiocarbonyl (C=S) groups is 1. The Hall–Kier alpha value is -1.83. The number of hydrogen-bond acceptors (Lipinski definition) is 5. The Morgan fingerprint density at radius 3 is 2.48 bits per heavy atom. The lowest BCUT2D eigenvalue weighted by atomic mass is 10.2. The molecule has 1 heterocycles. The maximum Gasteiger partial charge on any atom is 0.266 e. The molecule has 27 heavy (non-hydrogen) atoms. The lowest BCUT2D eigenvalue weighted by Crippen LogP contribution is -2.27. The Kier molecular flexibility index (Phi) is 6.93. The number of rotatable bonds is 7. The van der Waals surface area contributed by atoms with Crippen LogP contribution < -0.4 is 9.47 Å². The molecule has 7 heteroatoms. The molecule has 0 atom stereocenters. The number of amides is 1. The summed E-state index contributed by atoms with van der Waals surface area (Å²) in [5.41, 5.74) is 0.901. The molecule has 1 amide bonds. The molecule has 1 aliphatic heterocycles. The van der Waals surface area contributed by atoms with Crippen LogP contribution in [0.1, 0.15) is 12.5 Å². The number of carbonyl (C=O) groups is 1. The van der Waals surface area contributed by atoms with Gasteiger partial charge in [0.15, 0.2) is 0 Å². The quantitative estimate of drug-likeness (QED) is 0.323. The molecule has 2 aromatic rings. The first-order valence-electron chi connectivity index (χ1n) is 8.43. The Morgan fingerprint density at radius 1 is 1.11 bits per heavy atom. The Balaban J connectivity index is 1.56. The number of carbonyl (C=O) groups excluding carboxylic acids is 1. The SMILES string of the molecule is CCN1C(=O)C(=Cc2cccc(OCCOc3ccc(Br)cc3)c2)SC1=S. The van der Waals surface area contributed by atoms with Crippen molar-refractivity contribution in [2.45, 2.75) is 6.92 Å². The van der Waals surface area contributed by atoms with Gasteiger partial charge in [0.2, 0.25) is 0 Å². The molecular formula is C20H18BrNO3S2. The zero-order valence-corrected chi connectivity index (χ0v) is 17.9. The van der Waals surface area contributed by atoms with Gasteiger partial charge >= 0.3 is 0 Å². The average Bonchev–Trinajstić information content (AvgIpc) is 2.93. The molecule has 0 unspecified atom stereocenters. The molecule has 1 fully saturated rings. The maximum absolute atomic E-state index is 12.3. The van der Waals surface area contributed by atoms with E-state index in [9.17, 15) is 4.79 Å². The van der Waals surface area contributed by atoms with Crippen molar-refractivity contribution in [2.24, 2.45) is 0 Å². The number of nitrogens with zero attached hydrogens (tertiary/aromatic N) is 1. The lowest BCUT2D eigenvalue weighted by Gasteiger charge is -2.10. The van der Waals surface area contributed by atoms with Crippen LogP contribution in [-0.4, -0.2) is 34.9 Å². The molecule has 4 nitrogen and oxygen atoms in total. The van der Waals surface area contributed by atoms with Gasteiger partial charge < -0.3 is 9.47 Å². The van der Waals surface area contributed by atoms with Crippen LogP contribution in [0.2, 0.25) is 0 Å². The molecule has 2 aromatic carbocycles. The third kappa shape index (κ3) is 5.34. The van der Waals surface area contributed by atoms with Gasteiger partial charge in [-0.05, 0) is 55.0 Å². The summed E-state index contributed by atoms with van der Waals surface area (Å²) in [5, 5.41) is 0. The smallest absolute Gasteiger partial charge is 0.266 e. The van der Waals surface area contributed by atoms with Crippen LogP contribution in [0.3, 0.4) is 0 Å². The number of likely N-dealkylation sites (N-methyl/N-ethyl adjacent to an activating group) is 1. The number of benzene rings is 2. The second-order valence-corrected chi connectivity index (χ2v) is 8.24. The van der Waals surface area contributed by atoms with Crippen LogP contribution in [-0.2, 0) is 4.79 Å². The highest BCUT2D eigenvalue weighted by Gasteiger charge is 2.30. The highest BCUT2D eigenvalue weighted by Crippen LogP contribution is 2.32. The molecule has 0 bridgehead atoms. The summed E-state index contributed by atoms with van der Waals surface area (Å²) >= 11 is 9.96. The van der Waals surface area contributed by atoms with Gasteiger partial charge in [-0.3, -0.25) is 9.69 Å². The normalized spacial score (nSPS) is 15.5. The van der Waals surface area contributed by atoms with Crippen molar-refractivity contribution in [1.82, 2.24) is 4.90 Å². The highest BCUT2D eigenvalue weighted by atomic mass is 79.9. The standard InChI is InChI=1S/C20H18BrNO3S2/c1-2-22-19(23)18(27-20(22)26)13-14-4-3-5-17(12-14)25-11-10-24-16-8-6-15(21)7-9-16/h3-9,12-13H,2,10-11H2,1H3. The van der Waals surface area contributed by atoms with Gasteiger partial charge in [0.25, 0.3) is 5.91 Å². The van der Waals surface area contributed by atoms with Crippen LogP contribution >= 0.6 is 39.9 Å². The number of thioether (sulfide) groups is 1. The summed E-state index contributed by atoms with van der Waals surface area (Å²) < 4.78 is 13.0. The monoisotopic (exact) mass is 463 g/mol. The lowest BCUT2D eigenvalue weighted by molar-refractivity contribution is -0.121. The molecule has 3 rings (SSSR count). The van der Waals surface area contributed by atoms with E-state index in [2.05, 4.69) is 15.9 Å². The fraction of sp³-hybridized carbons (Fsp3) is 0.200. The van der Waals surface area contributed by atoms with E-state index in [-0.39, 0.29) is 5.91 Å². The molecule has 0 saturated carbocycles. The van der Waals surface area contributed by atoms with Crippen molar-refractivity contribution in [3.8, 4) is 11.5 Å². The van der Waals surface area contributed by atoms with E-state index in [4.69, 9.17) is 21.7 Å². The van der Waals surface area contributed by atoms with Crippen molar-refractivity contribution in [3.05, 3.63) is 63.5 Å². The fourth-order valence-corrected chi connectivity index (χ4v) is 4.12. The van der Waals surface area contributed by atoms with Crippen LogP contribution in [0.5, 0.6) is 11.5 Å². The van der Waals surface area contributed by atoms with Crippen LogP contribution in [0, 0.1) is 0 Å². The molecule has 0 aromatic heterocycles. The predicted octanol–water partition coefficient (Wildman–Crippen LogP) is 5.13. The summed E-state index contributed by atoms with van der Waals surface area (Å²) in [6.45, 7) is 3.38. The topological polar surface area (TPSA) is 38.8 Å². The minimum atomic E-state index is -0.0401. The third-order valence-electron chi connectivity index (χ3n) is 3.78. The van der Waals surface area contributed by atoms with E-state index < -0.39 is 0 Å². The Morgan fingerprint density at radius 2 is 1.81 bits per heavy atom. The van der Waals surface area contributed by atoms with Gasteiger partial charge in [-0.1, -0.05) is 52.0 Å². The molecule has 0 radical (unpaired) electrons. The number of hydrogen-bond donors (Lipinski definition) is 0. The van der Waals surface area contributed by atoms with E-state index in [0.717, 1.165) is 21.5 Å². The van der Waals surface area contributed by atoms with E-state index >= 15 is 0 Å². The molecular weight excluding hydrogens is 446 g/mol. The summed E-state index contributed by atoms with van der Waals surface area (Å²) in [4.78, 5) is 14.5. The van der Waals surface area contributed by atoms with E-state index in [1.807, 2.05) is 61.5 Å². The first-order valence-corrected chi connectivity index (χ1v) is 10.4. The van der Waals surface area contributed by atoms with E-state index in [1.165, 1.54) is 11.8 Å². The molecule has 1 saturated heterocycles. The first kappa shape index (κ1) is 19.9. The van der Waals surface area contributed by atoms with Gasteiger partial charge in [-0.2, -0.15) is 0 Å². The van der Waals surface area contributed by atoms with Crippen molar-refractivity contribution >= 4 is 56.2 Å². The molecule has 0 N–H and O–H groups in total. The van der Waals surface area contributed by atoms with Crippen molar-refractivity contribution in [2.75, 3.05) is 19.8 Å². The largest absolute Gasteiger partial charge is 0.490 e. The summed E-state index contributed by atoms with van der Waals surface area (Å²) in [7, 11) is 0. The Bertz CT molecular complexity index is 868. The summed E-state index contributed by atoms with van der Waals surface area (Å²) in [6, 6.07) is 15.3. The van der Waals surface area contributed by atoms with Gasteiger partial charge in [0.1, 0.15) is 29.0 Å². The van der Waals surface area contributed by atoms with E-state index in [1.54, 1.807) is 4.90 Å². The second kappa shape index (κ2) is 9.39. The van der Waals surface area contributed by atoms with Gasteiger partial charge in [0.05, 0.1) is 4.91 Å². The van der Waals surface area contributed by atoms with E-state index in [0.29, 0.717) is 29.0 Å². The highest BCUT2D eigenvalue weighted by molar-refractivity contribution is 9.10. The average molecular weight is 464 g/mol. The number of halogens is 1. The van der Waals surface area contributed by atoms with Gasteiger partial charge in [-0.25, -0.2) is 0 Å². The maximum atomic E-state index is 12.3. The van der Waals surface area contributed by atoms with Crippen LogP contribution in [0.15, 0.2) is 57.9 Å². The minimum Gasteiger partial charge on any atom is -0.490 e. The summed E-state index contributed by atoms with van der Waals surface area (Å²) in [5.74, 6) is 1.49. The molecule has 140 valence electrons. The minimum absolute atomic E-state index is 0.0401. The number of ether oxygens (including phenoxy) is 2. The molecule has 0 aliphatic carbocycles. The molecule has 0 spiro atoms. The first-order chi connectivity index (χ1) is 13.1. The predicted molar refractivity (Wildman–Crippen MR) is 117 cm³/mol. The summed E-state index contributed by atoms with van der Waals surface area (Å²) in [6.07, 6.45) is 1.85. The van der Waals surface area contributed by atoms with Crippen LogP contribution in [0.4, 0.5) is 0 Å². The van der Waals surface area contributed by atoms with Gasteiger partial charge in [0, 0.05) is 11.0 Å². The van der Waals surface area contributed by atoms with Crippen molar-refractivity contribution in [1.29, 1.82) is 0 Å². The van der Waals surface area contributed by atoms with Crippen molar-refractivity contribution in [3.63, 3.8) is 0 Å². The fourth-order valence-electron chi connectivity index (χ4n) is 2.47. The van der Waals surface area contributed by atoms with Crippen molar-refractivity contribution < 1.29 is 14.3 Å². The van der Waals surface area contributed by atoms with Crippen LogP contribution in [0.25, 0.3) is 6.08 Å². The second-order valence-electron chi connectivity index (χ2n) is 5.65. The zero-order chi connectivity index (χ0) is 19.2.